The van der Waals surface area contributed by atoms with E-state index in [0.717, 1.165) is 11.3 Å². The summed E-state index contributed by atoms with van der Waals surface area (Å²) in [7, 11) is 0. The van der Waals surface area contributed by atoms with Gasteiger partial charge in [-0.25, -0.2) is 4.85 Å². The number of alkyl halides is 3. The van der Waals surface area contributed by atoms with E-state index in [2.05, 4.69) is 10.9 Å². The number of nitriles is 1. The molecule has 0 aliphatic rings. The van der Waals surface area contributed by atoms with E-state index in [0.29, 0.717) is 28.1 Å². The number of hydrogen-bond donors (Lipinski definition) is 1. The minimum atomic E-state index is -4.83. The molecule has 0 aliphatic heterocycles. The summed E-state index contributed by atoms with van der Waals surface area (Å²) in [5.74, 6) is 0. The molecule has 2 aromatic carbocycles. The summed E-state index contributed by atoms with van der Waals surface area (Å²) < 4.78 is 40.8. The molecule has 0 amide bonds. The van der Waals surface area contributed by atoms with Gasteiger partial charge in [-0.15, -0.1) is 0 Å². The number of hydrogen-bond acceptors (Lipinski definition) is 2. The van der Waals surface area contributed by atoms with Crippen molar-refractivity contribution in [2.75, 3.05) is 0 Å². The molecular formula is C23H17ClF3N3O. The van der Waals surface area contributed by atoms with Crippen LogP contribution < -0.4 is 0 Å². The largest absolute Gasteiger partial charge is 0.418 e. The lowest BCUT2D eigenvalue weighted by Crippen LogP contribution is -2.20. The van der Waals surface area contributed by atoms with Gasteiger partial charge >= 0.3 is 6.18 Å². The van der Waals surface area contributed by atoms with Crippen LogP contribution in [0, 0.1) is 31.8 Å². The van der Waals surface area contributed by atoms with Crippen LogP contribution in [0.15, 0.2) is 42.5 Å². The zero-order valence-electron chi connectivity index (χ0n) is 16.6. The van der Waals surface area contributed by atoms with Gasteiger partial charge < -0.3 is 9.67 Å². The highest BCUT2D eigenvalue weighted by Crippen LogP contribution is 2.37. The Hall–Kier alpha value is -3.26. The van der Waals surface area contributed by atoms with Gasteiger partial charge in [0.1, 0.15) is 6.07 Å². The van der Waals surface area contributed by atoms with E-state index in [9.17, 15) is 23.5 Å². The monoisotopic (exact) mass is 443 g/mol. The summed E-state index contributed by atoms with van der Waals surface area (Å²) in [5.41, 5.74) is 3.93. The van der Waals surface area contributed by atoms with Gasteiger partial charge in [0, 0.05) is 34.1 Å². The second kappa shape index (κ2) is 8.47. The third-order valence-corrected chi connectivity index (χ3v) is 5.53. The van der Waals surface area contributed by atoms with Crippen LogP contribution in [0.5, 0.6) is 0 Å². The molecule has 8 heteroatoms. The molecule has 1 N–H and O–H groups in total. The molecule has 1 atom stereocenters. The van der Waals surface area contributed by atoms with Crippen molar-refractivity contribution < 1.29 is 18.3 Å². The summed E-state index contributed by atoms with van der Waals surface area (Å²) >= 11 is 5.89. The number of aromatic nitrogens is 1. The molecule has 0 fully saturated rings. The average molecular weight is 444 g/mol. The van der Waals surface area contributed by atoms with Gasteiger partial charge in [-0.1, -0.05) is 41.9 Å². The predicted octanol–water partition coefficient (Wildman–Crippen LogP) is 6.49. The molecule has 1 unspecified atom stereocenters. The Morgan fingerprint density at radius 1 is 1.16 bits per heavy atom. The van der Waals surface area contributed by atoms with Crippen molar-refractivity contribution in [3.05, 3.63) is 87.0 Å². The molecule has 0 saturated carbocycles. The maximum absolute atomic E-state index is 13.0. The van der Waals surface area contributed by atoms with E-state index in [1.807, 2.05) is 11.5 Å². The lowest BCUT2D eigenvalue weighted by molar-refractivity contribution is -0.206. The SMILES string of the molecule is [C-]#[N+]c1ccc(-c2c(C#N)c(C)n(Cc3ccc(Cl)c(C(O)C(F)(F)F)c3)c2C)cc1. The van der Waals surface area contributed by atoms with E-state index in [1.165, 1.54) is 12.1 Å². The Balaban J connectivity index is 2.06. The molecule has 3 rings (SSSR count). The van der Waals surface area contributed by atoms with Crippen molar-refractivity contribution in [3.63, 3.8) is 0 Å². The molecule has 0 spiro atoms. The lowest BCUT2D eigenvalue weighted by atomic mass is 10.0. The first-order valence-electron chi connectivity index (χ1n) is 9.19. The number of halogens is 4. The summed E-state index contributed by atoms with van der Waals surface area (Å²) in [6, 6.07) is 13.2. The molecule has 0 bridgehead atoms. The van der Waals surface area contributed by atoms with Gasteiger partial charge in [-0.05, 0) is 37.1 Å². The Bertz CT molecular complexity index is 1220. The first kappa shape index (κ1) is 22.4. The minimum Gasteiger partial charge on any atom is -0.379 e. The van der Waals surface area contributed by atoms with Crippen LogP contribution in [0.2, 0.25) is 5.02 Å². The van der Waals surface area contributed by atoms with Crippen LogP contribution in [0.1, 0.15) is 34.2 Å². The van der Waals surface area contributed by atoms with E-state index in [-0.39, 0.29) is 11.6 Å². The predicted molar refractivity (Wildman–Crippen MR) is 112 cm³/mol. The van der Waals surface area contributed by atoms with Crippen molar-refractivity contribution >= 4 is 17.3 Å². The van der Waals surface area contributed by atoms with Crippen LogP contribution in [-0.4, -0.2) is 15.8 Å². The molecule has 158 valence electrons. The highest BCUT2D eigenvalue weighted by atomic mass is 35.5. The molecule has 3 aromatic rings. The van der Waals surface area contributed by atoms with E-state index in [4.69, 9.17) is 18.2 Å². The van der Waals surface area contributed by atoms with Crippen molar-refractivity contribution in [1.29, 1.82) is 5.26 Å². The Labute approximate surface area is 182 Å². The molecule has 0 saturated heterocycles. The third kappa shape index (κ3) is 4.29. The van der Waals surface area contributed by atoms with Crippen LogP contribution in [0.25, 0.3) is 16.0 Å². The quantitative estimate of drug-likeness (QED) is 0.468. The second-order valence-electron chi connectivity index (χ2n) is 7.08. The maximum Gasteiger partial charge on any atom is 0.418 e. The smallest absolute Gasteiger partial charge is 0.379 e. The zero-order valence-corrected chi connectivity index (χ0v) is 17.4. The third-order valence-electron chi connectivity index (χ3n) is 5.19. The van der Waals surface area contributed by atoms with Crippen LogP contribution >= 0.6 is 11.6 Å². The van der Waals surface area contributed by atoms with Gasteiger partial charge in [0.05, 0.1) is 12.1 Å². The standard InChI is InChI=1S/C23H17ClF3N3O/c1-13-19(11-28)21(16-5-7-17(29-3)8-6-16)14(2)30(13)12-15-4-9-20(24)18(10-15)22(31)23(25,26)27/h4-10,22,31H,12H2,1-2H3. The van der Waals surface area contributed by atoms with Crippen molar-refractivity contribution in [1.82, 2.24) is 4.57 Å². The van der Waals surface area contributed by atoms with Crippen LogP contribution in [-0.2, 0) is 6.54 Å². The fourth-order valence-corrected chi connectivity index (χ4v) is 3.79. The minimum absolute atomic E-state index is 0.173. The van der Waals surface area contributed by atoms with Gasteiger partial charge in [0.2, 0.25) is 0 Å². The van der Waals surface area contributed by atoms with E-state index < -0.39 is 17.8 Å². The van der Waals surface area contributed by atoms with Crippen molar-refractivity contribution in [2.45, 2.75) is 32.7 Å². The molecule has 4 nitrogen and oxygen atoms in total. The number of aliphatic hydroxyl groups excluding tert-OH is 1. The van der Waals surface area contributed by atoms with E-state index >= 15 is 0 Å². The lowest BCUT2D eigenvalue weighted by Gasteiger charge is -2.18. The maximum atomic E-state index is 13.0. The van der Waals surface area contributed by atoms with E-state index in [1.54, 1.807) is 37.3 Å². The highest BCUT2D eigenvalue weighted by Gasteiger charge is 2.40. The fraction of sp³-hybridized carbons (Fsp3) is 0.217. The molecule has 0 aliphatic carbocycles. The zero-order chi connectivity index (χ0) is 22.9. The first-order valence-corrected chi connectivity index (χ1v) is 9.57. The summed E-state index contributed by atoms with van der Waals surface area (Å²) in [6.07, 6.45) is -7.52. The van der Waals surface area contributed by atoms with Gasteiger partial charge in [-0.2, -0.15) is 18.4 Å². The van der Waals surface area contributed by atoms with Gasteiger partial charge in [-0.3, -0.25) is 0 Å². The highest BCUT2D eigenvalue weighted by molar-refractivity contribution is 6.31. The summed E-state index contributed by atoms with van der Waals surface area (Å²) in [4.78, 5) is 3.36. The molecular weight excluding hydrogens is 427 g/mol. The van der Waals surface area contributed by atoms with Gasteiger partial charge in [0.25, 0.3) is 0 Å². The Kier molecular flexibility index (Phi) is 6.13. The molecule has 1 aromatic heterocycles. The number of aliphatic hydroxyl groups is 1. The van der Waals surface area contributed by atoms with Crippen LogP contribution in [0.3, 0.4) is 0 Å². The topological polar surface area (TPSA) is 53.3 Å². The van der Waals surface area contributed by atoms with Crippen LogP contribution in [0.4, 0.5) is 18.9 Å². The first-order chi connectivity index (χ1) is 14.6. The number of rotatable bonds is 4. The average Bonchev–Trinajstić information content (AvgIpc) is 2.97. The molecule has 0 radical (unpaired) electrons. The summed E-state index contributed by atoms with van der Waals surface area (Å²) in [5, 5.41) is 19.2. The Morgan fingerprint density at radius 2 is 1.81 bits per heavy atom. The summed E-state index contributed by atoms with van der Waals surface area (Å²) in [6.45, 7) is 10.9. The van der Waals surface area contributed by atoms with Gasteiger partial charge in [0.15, 0.2) is 11.8 Å². The number of nitrogens with zero attached hydrogens (tertiary/aromatic N) is 3. The fourth-order valence-electron chi connectivity index (χ4n) is 3.57. The molecule has 1 heterocycles. The normalized spacial score (nSPS) is 12.3. The Morgan fingerprint density at radius 3 is 2.35 bits per heavy atom. The number of benzene rings is 2. The van der Waals surface area contributed by atoms with Crippen molar-refractivity contribution in [2.24, 2.45) is 0 Å². The second-order valence-corrected chi connectivity index (χ2v) is 7.48. The van der Waals surface area contributed by atoms with Crippen molar-refractivity contribution in [3.8, 4) is 17.2 Å². The molecule has 31 heavy (non-hydrogen) atoms.